The molecule has 4 fully saturated rings. The lowest BCUT2D eigenvalue weighted by Crippen LogP contribution is -2.47. The summed E-state index contributed by atoms with van der Waals surface area (Å²) in [6, 6.07) is 14.9. The van der Waals surface area contributed by atoms with E-state index < -0.39 is 0 Å². The number of rotatable bonds is 3. The largest absolute Gasteiger partial charge is 0.274 e. The van der Waals surface area contributed by atoms with Crippen LogP contribution in [-0.4, -0.2) is 23.6 Å². The number of carbonyl (C=O) groups is 4. The zero-order valence-electron chi connectivity index (χ0n) is 20.6. The predicted molar refractivity (Wildman–Crippen MR) is 137 cm³/mol. The Bertz CT molecular complexity index is 1080. The zero-order chi connectivity index (χ0) is 24.9. The molecule has 0 radical (unpaired) electrons. The van der Waals surface area contributed by atoms with Gasteiger partial charge >= 0.3 is 0 Å². The number of hydrogen-bond acceptors (Lipinski definition) is 4. The van der Waals surface area contributed by atoms with Crippen molar-refractivity contribution < 1.29 is 19.2 Å². The number of piperidine rings is 2. The van der Waals surface area contributed by atoms with E-state index in [0.717, 1.165) is 62.5 Å². The Morgan fingerprint density at radius 3 is 1.00 bits per heavy atom. The first kappa shape index (κ1) is 23.1. The SMILES string of the molecule is O=C1CC2(CCCC2)CC(=O)N1c1ccc(-c2ccc(N3C(=O)CC4(CCCC4)CC3=O)cc2)cc1. The van der Waals surface area contributed by atoms with E-state index in [1.165, 1.54) is 9.80 Å². The molecule has 6 rings (SSSR count). The Hall–Kier alpha value is -3.28. The molecule has 6 nitrogen and oxygen atoms in total. The van der Waals surface area contributed by atoms with Gasteiger partial charge in [-0.1, -0.05) is 49.9 Å². The van der Waals surface area contributed by atoms with Crippen LogP contribution in [-0.2, 0) is 19.2 Å². The monoisotopic (exact) mass is 484 g/mol. The van der Waals surface area contributed by atoms with Gasteiger partial charge < -0.3 is 0 Å². The van der Waals surface area contributed by atoms with Crippen molar-refractivity contribution in [2.24, 2.45) is 10.8 Å². The number of carbonyl (C=O) groups excluding carboxylic acids is 4. The van der Waals surface area contributed by atoms with Crippen molar-refractivity contribution in [1.29, 1.82) is 0 Å². The minimum atomic E-state index is -0.110. The van der Waals surface area contributed by atoms with Gasteiger partial charge in [-0.05, 0) is 71.9 Å². The third-order valence-electron chi connectivity index (χ3n) is 9.02. The van der Waals surface area contributed by atoms with E-state index in [1.807, 2.05) is 48.5 Å². The molecule has 36 heavy (non-hydrogen) atoms. The maximum absolute atomic E-state index is 12.9. The summed E-state index contributed by atoms with van der Waals surface area (Å²) >= 11 is 0. The van der Waals surface area contributed by atoms with Gasteiger partial charge in [-0.2, -0.15) is 0 Å². The van der Waals surface area contributed by atoms with Gasteiger partial charge in [0.25, 0.3) is 0 Å². The quantitative estimate of drug-likeness (QED) is 0.518. The summed E-state index contributed by atoms with van der Waals surface area (Å²) in [7, 11) is 0. The summed E-state index contributed by atoms with van der Waals surface area (Å²) in [6.45, 7) is 0. The molecule has 0 atom stereocenters. The first-order valence-electron chi connectivity index (χ1n) is 13.3. The third-order valence-corrected chi connectivity index (χ3v) is 9.02. The molecule has 6 heteroatoms. The Labute approximate surface area is 211 Å². The summed E-state index contributed by atoms with van der Waals surface area (Å²) in [5.74, 6) is -0.387. The van der Waals surface area contributed by atoms with Crippen molar-refractivity contribution in [3.8, 4) is 11.1 Å². The van der Waals surface area contributed by atoms with Crippen molar-refractivity contribution in [3.63, 3.8) is 0 Å². The van der Waals surface area contributed by atoms with Crippen LogP contribution in [0, 0.1) is 10.8 Å². The molecule has 0 N–H and O–H groups in total. The second kappa shape index (κ2) is 8.68. The lowest BCUT2D eigenvalue weighted by atomic mass is 9.76. The van der Waals surface area contributed by atoms with Gasteiger partial charge in [0, 0.05) is 25.7 Å². The van der Waals surface area contributed by atoms with E-state index in [0.29, 0.717) is 37.1 Å². The van der Waals surface area contributed by atoms with Crippen LogP contribution in [0.3, 0.4) is 0 Å². The van der Waals surface area contributed by atoms with E-state index in [-0.39, 0.29) is 34.5 Å². The highest BCUT2D eigenvalue weighted by atomic mass is 16.2. The summed E-state index contributed by atoms with van der Waals surface area (Å²) in [4.78, 5) is 54.3. The average Bonchev–Trinajstić information content (AvgIpc) is 3.48. The lowest BCUT2D eigenvalue weighted by molar-refractivity contribution is -0.135. The van der Waals surface area contributed by atoms with Crippen molar-refractivity contribution in [3.05, 3.63) is 48.5 Å². The molecule has 2 saturated carbocycles. The molecule has 2 aromatic rings. The zero-order valence-corrected chi connectivity index (χ0v) is 20.6. The van der Waals surface area contributed by atoms with Gasteiger partial charge in [-0.25, -0.2) is 0 Å². The van der Waals surface area contributed by atoms with Gasteiger partial charge in [-0.15, -0.1) is 0 Å². The molecule has 0 unspecified atom stereocenters. The Balaban J connectivity index is 1.16. The van der Waals surface area contributed by atoms with Gasteiger partial charge in [-0.3, -0.25) is 29.0 Å². The highest BCUT2D eigenvalue weighted by Crippen LogP contribution is 2.48. The van der Waals surface area contributed by atoms with Gasteiger partial charge in [0.2, 0.25) is 23.6 Å². The van der Waals surface area contributed by atoms with E-state index in [4.69, 9.17) is 0 Å². The molecule has 2 aliphatic heterocycles. The maximum Gasteiger partial charge on any atom is 0.234 e. The van der Waals surface area contributed by atoms with Gasteiger partial charge in [0.15, 0.2) is 0 Å². The highest BCUT2D eigenvalue weighted by Gasteiger charge is 2.46. The Kier molecular flexibility index (Phi) is 5.58. The summed E-state index contributed by atoms with van der Waals surface area (Å²) < 4.78 is 0. The van der Waals surface area contributed by atoms with Crippen molar-refractivity contribution in [2.75, 3.05) is 9.80 Å². The second-order valence-corrected chi connectivity index (χ2v) is 11.5. The molecule has 186 valence electrons. The smallest absolute Gasteiger partial charge is 0.234 e. The molecule has 2 saturated heterocycles. The first-order valence-corrected chi connectivity index (χ1v) is 13.3. The third kappa shape index (κ3) is 3.97. The van der Waals surface area contributed by atoms with E-state index >= 15 is 0 Å². The molecule has 2 aliphatic carbocycles. The standard InChI is InChI=1S/C30H32N2O4/c33-25-17-29(13-1-2-14-29)18-26(34)31(25)23-9-5-21(6-10-23)22-7-11-24(12-8-22)32-27(35)19-30(20-28(32)36)15-3-4-16-30/h5-12H,1-4,13-20H2. The number of benzene rings is 2. The normalized spacial score (nSPS) is 23.3. The molecule has 4 amide bonds. The lowest BCUT2D eigenvalue weighted by Gasteiger charge is -2.37. The topological polar surface area (TPSA) is 74.8 Å². The molecular formula is C30H32N2O4. The number of anilines is 2. The molecule has 0 bridgehead atoms. The Morgan fingerprint density at radius 1 is 0.444 bits per heavy atom. The number of amides is 4. The van der Waals surface area contributed by atoms with Crippen LogP contribution in [0.4, 0.5) is 11.4 Å². The first-order chi connectivity index (χ1) is 17.4. The molecule has 4 aliphatic rings. The number of hydrogen-bond donors (Lipinski definition) is 0. The van der Waals surface area contributed by atoms with Crippen LogP contribution in [0.15, 0.2) is 48.5 Å². The van der Waals surface area contributed by atoms with Crippen LogP contribution in [0.5, 0.6) is 0 Å². The van der Waals surface area contributed by atoms with Crippen LogP contribution >= 0.6 is 0 Å². The molecule has 2 spiro atoms. The van der Waals surface area contributed by atoms with E-state index in [2.05, 4.69) is 0 Å². The molecular weight excluding hydrogens is 452 g/mol. The molecule has 2 heterocycles. The van der Waals surface area contributed by atoms with Crippen molar-refractivity contribution >= 4 is 35.0 Å². The maximum atomic E-state index is 12.9. The van der Waals surface area contributed by atoms with Crippen LogP contribution in [0.1, 0.15) is 77.0 Å². The van der Waals surface area contributed by atoms with Gasteiger partial charge in [0.05, 0.1) is 11.4 Å². The molecule has 2 aromatic carbocycles. The fraction of sp³-hybridized carbons (Fsp3) is 0.467. The highest BCUT2D eigenvalue weighted by molar-refractivity contribution is 6.18. The summed E-state index contributed by atoms with van der Waals surface area (Å²) in [5, 5.41) is 0. The van der Waals surface area contributed by atoms with E-state index in [9.17, 15) is 19.2 Å². The molecule has 0 aromatic heterocycles. The minimum Gasteiger partial charge on any atom is -0.274 e. The number of nitrogens with zero attached hydrogens (tertiary/aromatic N) is 2. The average molecular weight is 485 g/mol. The van der Waals surface area contributed by atoms with E-state index in [1.54, 1.807) is 0 Å². The second-order valence-electron chi connectivity index (χ2n) is 11.5. The van der Waals surface area contributed by atoms with Crippen LogP contribution in [0.25, 0.3) is 11.1 Å². The number of imide groups is 2. The summed E-state index contributed by atoms with van der Waals surface area (Å²) in [6.07, 6.45) is 10.1. The van der Waals surface area contributed by atoms with Gasteiger partial charge in [0.1, 0.15) is 0 Å². The fourth-order valence-electron chi connectivity index (χ4n) is 7.14. The summed E-state index contributed by atoms with van der Waals surface area (Å²) in [5.41, 5.74) is 2.89. The fourth-order valence-corrected chi connectivity index (χ4v) is 7.14. The van der Waals surface area contributed by atoms with Crippen molar-refractivity contribution in [1.82, 2.24) is 0 Å². The Morgan fingerprint density at radius 2 is 0.722 bits per heavy atom. The predicted octanol–water partition coefficient (Wildman–Crippen LogP) is 5.78. The van der Waals surface area contributed by atoms with Crippen LogP contribution < -0.4 is 9.80 Å². The van der Waals surface area contributed by atoms with Crippen LogP contribution in [0.2, 0.25) is 0 Å². The van der Waals surface area contributed by atoms with Crippen molar-refractivity contribution in [2.45, 2.75) is 77.0 Å². The minimum absolute atomic E-state index is 0.0968.